The Balaban J connectivity index is 1.86. The van der Waals surface area contributed by atoms with E-state index in [0.29, 0.717) is 6.04 Å². The third-order valence-corrected chi connectivity index (χ3v) is 3.55. The Hall–Kier alpha value is -1.09. The monoisotopic (exact) mass is 237 g/mol. The molecule has 2 rings (SSSR count). The Morgan fingerprint density at radius 1 is 1.56 bits per heavy atom. The molecule has 0 atom stereocenters. The molecule has 6 heteroatoms. The molecular weight excluding hydrogens is 222 g/mol. The van der Waals surface area contributed by atoms with Crippen LogP contribution in [0.15, 0.2) is 5.16 Å². The number of tetrazole rings is 1. The van der Waals surface area contributed by atoms with Gasteiger partial charge in [-0.15, -0.1) is 5.10 Å². The molecule has 0 unspecified atom stereocenters. The lowest BCUT2D eigenvalue weighted by atomic mass is 9.93. The zero-order valence-electron chi connectivity index (χ0n) is 9.55. The van der Waals surface area contributed by atoms with Crippen LogP contribution in [0.2, 0.25) is 0 Å². The Kier molecular flexibility index (Phi) is 3.15. The minimum atomic E-state index is -0.259. The van der Waals surface area contributed by atoms with Crippen LogP contribution in [0.3, 0.4) is 0 Å². The van der Waals surface area contributed by atoms with Crippen LogP contribution in [0.25, 0.3) is 0 Å². The summed E-state index contributed by atoms with van der Waals surface area (Å²) < 4.78 is 1.91. The van der Waals surface area contributed by atoms with Gasteiger partial charge in [-0.25, -0.2) is 4.68 Å². The molecule has 1 fully saturated rings. The van der Waals surface area contributed by atoms with Crippen molar-refractivity contribution < 1.29 is 0 Å². The van der Waals surface area contributed by atoms with Gasteiger partial charge in [0.25, 0.3) is 0 Å². The van der Waals surface area contributed by atoms with Gasteiger partial charge in [0.2, 0.25) is 5.16 Å². The van der Waals surface area contributed by atoms with Crippen molar-refractivity contribution in [3.8, 4) is 6.07 Å². The van der Waals surface area contributed by atoms with Crippen molar-refractivity contribution in [2.45, 2.75) is 44.3 Å². The second-order valence-electron chi connectivity index (χ2n) is 4.73. The predicted octanol–water partition coefficient (Wildman–Crippen LogP) is 2.04. The lowest BCUT2D eigenvalue weighted by Crippen LogP contribution is -2.09. The minimum absolute atomic E-state index is 0.259. The molecular formula is C10H15N5S. The highest BCUT2D eigenvalue weighted by molar-refractivity contribution is 7.99. The van der Waals surface area contributed by atoms with Crippen LogP contribution in [0.5, 0.6) is 0 Å². The first-order chi connectivity index (χ1) is 7.62. The van der Waals surface area contributed by atoms with Gasteiger partial charge in [-0.3, -0.25) is 0 Å². The average molecular weight is 237 g/mol. The van der Waals surface area contributed by atoms with Crippen molar-refractivity contribution in [3.63, 3.8) is 0 Å². The largest absolute Gasteiger partial charge is 0.217 e. The van der Waals surface area contributed by atoms with Crippen LogP contribution in [0, 0.1) is 16.7 Å². The summed E-state index contributed by atoms with van der Waals surface area (Å²) in [7, 11) is 0. The standard InChI is InChI=1S/C10H15N5S/c1-10(2,7-11)5-6-16-9-12-13-14-15(9)8-3-4-8/h8H,3-6H2,1-2H3. The van der Waals surface area contributed by atoms with E-state index in [9.17, 15) is 0 Å². The minimum Gasteiger partial charge on any atom is -0.217 e. The fourth-order valence-electron chi connectivity index (χ4n) is 1.28. The summed E-state index contributed by atoms with van der Waals surface area (Å²) in [4.78, 5) is 0. The van der Waals surface area contributed by atoms with Gasteiger partial charge in [-0.2, -0.15) is 5.26 Å². The summed E-state index contributed by atoms with van der Waals surface area (Å²) in [6.07, 6.45) is 3.22. The van der Waals surface area contributed by atoms with E-state index in [4.69, 9.17) is 5.26 Å². The summed E-state index contributed by atoms with van der Waals surface area (Å²) in [6, 6.07) is 2.81. The Labute approximate surface area is 99.2 Å². The third kappa shape index (κ3) is 2.73. The molecule has 16 heavy (non-hydrogen) atoms. The number of aromatic nitrogens is 4. The van der Waals surface area contributed by atoms with E-state index < -0.39 is 0 Å². The normalized spacial score (nSPS) is 16.1. The van der Waals surface area contributed by atoms with Gasteiger partial charge in [0.15, 0.2) is 0 Å². The van der Waals surface area contributed by atoms with Crippen LogP contribution < -0.4 is 0 Å². The summed E-state index contributed by atoms with van der Waals surface area (Å²) in [5.74, 6) is 0.883. The fraction of sp³-hybridized carbons (Fsp3) is 0.800. The first-order valence-corrected chi connectivity index (χ1v) is 6.43. The Morgan fingerprint density at radius 3 is 2.94 bits per heavy atom. The van der Waals surface area contributed by atoms with Gasteiger partial charge in [-0.05, 0) is 43.5 Å². The molecule has 0 aliphatic heterocycles. The van der Waals surface area contributed by atoms with Gasteiger partial charge >= 0.3 is 0 Å². The van der Waals surface area contributed by atoms with E-state index in [1.807, 2.05) is 18.5 Å². The van der Waals surface area contributed by atoms with Crippen LogP contribution in [0.4, 0.5) is 0 Å². The molecule has 0 radical (unpaired) electrons. The predicted molar refractivity (Wildman–Crippen MR) is 60.8 cm³/mol. The summed E-state index contributed by atoms with van der Waals surface area (Å²) >= 11 is 1.64. The van der Waals surface area contributed by atoms with Crippen molar-refractivity contribution in [1.82, 2.24) is 20.2 Å². The molecule has 1 saturated carbocycles. The SMILES string of the molecule is CC(C)(C#N)CCSc1nnnn1C1CC1. The van der Waals surface area contributed by atoms with E-state index in [0.717, 1.165) is 17.3 Å². The Morgan fingerprint density at radius 2 is 2.31 bits per heavy atom. The second kappa shape index (κ2) is 4.42. The molecule has 86 valence electrons. The molecule has 5 nitrogen and oxygen atoms in total. The number of nitrogens with zero attached hydrogens (tertiary/aromatic N) is 5. The van der Waals surface area contributed by atoms with Gasteiger partial charge in [0.1, 0.15) is 0 Å². The highest BCUT2D eigenvalue weighted by Crippen LogP contribution is 2.36. The van der Waals surface area contributed by atoms with Crippen molar-refractivity contribution in [2.24, 2.45) is 5.41 Å². The third-order valence-electron chi connectivity index (χ3n) is 2.62. The number of thioether (sulfide) groups is 1. The fourth-order valence-corrected chi connectivity index (χ4v) is 2.49. The molecule has 0 spiro atoms. The van der Waals surface area contributed by atoms with Gasteiger partial charge < -0.3 is 0 Å². The van der Waals surface area contributed by atoms with E-state index >= 15 is 0 Å². The number of hydrogen-bond donors (Lipinski definition) is 0. The quantitative estimate of drug-likeness (QED) is 0.733. The molecule has 1 aliphatic carbocycles. The first kappa shape index (κ1) is 11.4. The maximum absolute atomic E-state index is 8.90. The molecule has 0 N–H and O–H groups in total. The van der Waals surface area contributed by atoms with E-state index in [1.165, 1.54) is 12.8 Å². The average Bonchev–Trinajstić information content (AvgIpc) is 2.99. The lowest BCUT2D eigenvalue weighted by Gasteiger charge is -2.13. The molecule has 1 heterocycles. The van der Waals surface area contributed by atoms with Crippen LogP contribution in [-0.4, -0.2) is 26.0 Å². The lowest BCUT2D eigenvalue weighted by molar-refractivity contribution is 0.481. The number of nitriles is 1. The van der Waals surface area contributed by atoms with Gasteiger partial charge in [0, 0.05) is 5.75 Å². The molecule has 0 amide bonds. The summed E-state index contributed by atoms with van der Waals surface area (Å²) in [5, 5.41) is 21.5. The molecule has 1 aliphatic rings. The van der Waals surface area contributed by atoms with Crippen molar-refractivity contribution in [2.75, 3.05) is 5.75 Å². The molecule has 1 aromatic rings. The molecule has 0 aromatic carbocycles. The van der Waals surface area contributed by atoms with Crippen molar-refractivity contribution in [1.29, 1.82) is 5.26 Å². The van der Waals surface area contributed by atoms with Gasteiger partial charge in [-0.1, -0.05) is 11.8 Å². The number of hydrogen-bond acceptors (Lipinski definition) is 5. The molecule has 1 aromatic heterocycles. The molecule has 0 saturated heterocycles. The van der Waals surface area contributed by atoms with Crippen molar-refractivity contribution >= 4 is 11.8 Å². The first-order valence-electron chi connectivity index (χ1n) is 5.44. The highest BCUT2D eigenvalue weighted by Gasteiger charge is 2.28. The van der Waals surface area contributed by atoms with Crippen molar-refractivity contribution in [3.05, 3.63) is 0 Å². The number of rotatable bonds is 5. The maximum atomic E-state index is 8.90. The summed E-state index contributed by atoms with van der Waals surface area (Å²) in [5.41, 5.74) is -0.259. The maximum Gasteiger partial charge on any atom is 0.209 e. The van der Waals surface area contributed by atoms with E-state index in [1.54, 1.807) is 11.8 Å². The van der Waals surface area contributed by atoms with E-state index in [-0.39, 0.29) is 5.41 Å². The van der Waals surface area contributed by atoms with Crippen LogP contribution in [0.1, 0.15) is 39.2 Å². The van der Waals surface area contributed by atoms with Gasteiger partial charge in [0.05, 0.1) is 17.5 Å². The van der Waals surface area contributed by atoms with E-state index in [2.05, 4.69) is 21.6 Å². The Bertz CT molecular complexity index is 402. The highest BCUT2D eigenvalue weighted by atomic mass is 32.2. The smallest absolute Gasteiger partial charge is 0.209 e. The summed E-state index contributed by atoms with van der Waals surface area (Å²) in [6.45, 7) is 3.91. The topological polar surface area (TPSA) is 67.4 Å². The molecule has 0 bridgehead atoms. The van der Waals surface area contributed by atoms with Crippen LogP contribution in [-0.2, 0) is 0 Å². The zero-order valence-corrected chi connectivity index (χ0v) is 10.4. The van der Waals surface area contributed by atoms with Crippen LogP contribution >= 0.6 is 11.8 Å². The zero-order chi connectivity index (χ0) is 11.6. The second-order valence-corrected chi connectivity index (χ2v) is 5.79.